The van der Waals surface area contributed by atoms with Gasteiger partial charge in [-0.05, 0) is 28.3 Å². The van der Waals surface area contributed by atoms with Gasteiger partial charge in [-0.2, -0.15) is 5.26 Å². The summed E-state index contributed by atoms with van der Waals surface area (Å²) in [4.78, 5) is 13.4. The zero-order valence-electron chi connectivity index (χ0n) is 15.6. The Morgan fingerprint density at radius 2 is 2.00 bits per heavy atom. The molecule has 6 nitrogen and oxygen atoms in total. The van der Waals surface area contributed by atoms with Crippen molar-refractivity contribution in [2.24, 2.45) is 5.73 Å². The molecule has 0 spiro atoms. The molecule has 0 unspecified atom stereocenters. The minimum Gasteiger partial charge on any atom is -0.493 e. The molecular weight excluding hydrogens is 354 g/mol. The zero-order chi connectivity index (χ0) is 19.5. The lowest BCUT2D eigenvalue weighted by atomic mass is 9.99. The van der Waals surface area contributed by atoms with Crippen molar-refractivity contribution in [2.45, 2.75) is 25.0 Å². The number of rotatable bonds is 5. The Hall–Kier alpha value is -2.88. The van der Waals surface area contributed by atoms with Crippen LogP contribution in [0, 0.1) is 11.3 Å². The summed E-state index contributed by atoms with van der Waals surface area (Å²) >= 11 is 0. The molecular formula is C22H23N3O3. The van der Waals surface area contributed by atoms with Crippen molar-refractivity contribution in [3.8, 4) is 22.9 Å². The van der Waals surface area contributed by atoms with Crippen LogP contribution in [0.1, 0.15) is 11.1 Å². The molecule has 2 heterocycles. The van der Waals surface area contributed by atoms with Gasteiger partial charge in [-0.15, -0.1) is 0 Å². The average molecular weight is 377 g/mol. The summed E-state index contributed by atoms with van der Waals surface area (Å²) in [7, 11) is 0. The number of nitrogens with two attached hydrogens (primary N) is 1. The van der Waals surface area contributed by atoms with E-state index in [2.05, 4.69) is 48.5 Å². The van der Waals surface area contributed by atoms with Crippen LogP contribution in [-0.4, -0.2) is 49.3 Å². The van der Waals surface area contributed by atoms with Gasteiger partial charge in [0.1, 0.15) is 17.9 Å². The maximum atomic E-state index is 11.4. The number of ether oxygens (including phenoxy) is 2. The highest BCUT2D eigenvalue weighted by atomic mass is 16.5. The highest BCUT2D eigenvalue weighted by molar-refractivity contribution is 5.79. The molecule has 144 valence electrons. The largest absolute Gasteiger partial charge is 0.493 e. The fourth-order valence-corrected chi connectivity index (χ4v) is 3.78. The van der Waals surface area contributed by atoms with E-state index in [1.807, 2.05) is 4.90 Å². The molecule has 1 fully saturated rings. The van der Waals surface area contributed by atoms with Gasteiger partial charge >= 0.3 is 0 Å². The molecule has 0 radical (unpaired) electrons. The summed E-state index contributed by atoms with van der Waals surface area (Å²) in [6, 6.07) is 16.6. The van der Waals surface area contributed by atoms with E-state index >= 15 is 0 Å². The first-order chi connectivity index (χ1) is 13.6. The quantitative estimate of drug-likeness (QED) is 0.860. The Balaban J connectivity index is 1.45. The van der Waals surface area contributed by atoms with Gasteiger partial charge in [0.05, 0.1) is 19.3 Å². The molecule has 28 heavy (non-hydrogen) atoms. The summed E-state index contributed by atoms with van der Waals surface area (Å²) < 4.78 is 11.0. The third kappa shape index (κ3) is 3.86. The van der Waals surface area contributed by atoms with Gasteiger partial charge in [0.25, 0.3) is 0 Å². The van der Waals surface area contributed by atoms with Crippen LogP contribution in [0.2, 0.25) is 0 Å². The lowest BCUT2D eigenvalue weighted by Gasteiger charge is -2.34. The van der Waals surface area contributed by atoms with Crippen molar-refractivity contribution in [3.63, 3.8) is 0 Å². The van der Waals surface area contributed by atoms with Crippen molar-refractivity contribution in [3.05, 3.63) is 53.6 Å². The fraction of sp³-hybridized carbons (Fsp3) is 0.364. The molecule has 2 aliphatic heterocycles. The van der Waals surface area contributed by atoms with Crippen molar-refractivity contribution in [2.75, 3.05) is 26.3 Å². The minimum absolute atomic E-state index is 0.315. The number of amides is 1. The van der Waals surface area contributed by atoms with Crippen molar-refractivity contribution in [1.82, 2.24) is 4.90 Å². The number of hydrogen-bond donors (Lipinski definition) is 1. The van der Waals surface area contributed by atoms with E-state index in [1.54, 1.807) is 0 Å². The monoisotopic (exact) mass is 377 g/mol. The van der Waals surface area contributed by atoms with E-state index in [-0.39, 0.29) is 6.04 Å². The van der Waals surface area contributed by atoms with Crippen LogP contribution in [0.4, 0.5) is 0 Å². The van der Waals surface area contributed by atoms with Crippen molar-refractivity contribution < 1.29 is 14.3 Å². The summed E-state index contributed by atoms with van der Waals surface area (Å²) in [5.74, 6) is 0.492. The molecule has 0 saturated carbocycles. The molecule has 2 aromatic carbocycles. The van der Waals surface area contributed by atoms with Gasteiger partial charge in [-0.1, -0.05) is 36.4 Å². The SMILES string of the molecule is N#C[C@H](Cc1ccc(-c2ccc3c(c2)OCC3)cc1)N1CCO[C@H](C(N)=O)C1. The Labute approximate surface area is 164 Å². The summed E-state index contributed by atoms with van der Waals surface area (Å²) in [6.07, 6.45) is 0.923. The second-order valence-corrected chi connectivity index (χ2v) is 7.22. The number of fused-ring (bicyclic) bond motifs is 1. The Morgan fingerprint density at radius 3 is 2.75 bits per heavy atom. The van der Waals surface area contributed by atoms with E-state index in [1.165, 1.54) is 5.56 Å². The van der Waals surface area contributed by atoms with Gasteiger partial charge < -0.3 is 15.2 Å². The molecule has 4 rings (SSSR count). The Bertz CT molecular complexity index is 904. The van der Waals surface area contributed by atoms with E-state index in [4.69, 9.17) is 15.2 Å². The topological polar surface area (TPSA) is 88.6 Å². The molecule has 0 aliphatic carbocycles. The average Bonchev–Trinajstić information content (AvgIpc) is 3.20. The number of hydrogen-bond acceptors (Lipinski definition) is 5. The molecule has 1 saturated heterocycles. The lowest BCUT2D eigenvalue weighted by Crippen LogP contribution is -2.52. The molecule has 2 atom stereocenters. The fourth-order valence-electron chi connectivity index (χ4n) is 3.78. The predicted octanol–water partition coefficient (Wildman–Crippen LogP) is 1.91. The summed E-state index contributed by atoms with van der Waals surface area (Å²) in [5.41, 5.74) is 9.93. The molecule has 0 aromatic heterocycles. The molecule has 0 bridgehead atoms. The maximum Gasteiger partial charge on any atom is 0.247 e. The molecule has 2 aromatic rings. The van der Waals surface area contributed by atoms with Gasteiger partial charge in [0.2, 0.25) is 5.91 Å². The molecule has 1 amide bonds. The molecule has 2 N–H and O–H groups in total. The number of nitriles is 1. The summed E-state index contributed by atoms with van der Waals surface area (Å²) in [6.45, 7) is 2.15. The smallest absolute Gasteiger partial charge is 0.247 e. The van der Waals surface area contributed by atoms with Crippen LogP contribution in [0.15, 0.2) is 42.5 Å². The van der Waals surface area contributed by atoms with Gasteiger partial charge in [0.15, 0.2) is 0 Å². The van der Waals surface area contributed by atoms with Crippen molar-refractivity contribution >= 4 is 5.91 Å². The first-order valence-electron chi connectivity index (χ1n) is 9.53. The number of carbonyl (C=O) groups excluding carboxylic acids is 1. The highest BCUT2D eigenvalue weighted by Crippen LogP contribution is 2.31. The van der Waals surface area contributed by atoms with Crippen LogP contribution >= 0.6 is 0 Å². The predicted molar refractivity (Wildman–Crippen MR) is 105 cm³/mol. The number of carbonyl (C=O) groups is 1. The van der Waals surface area contributed by atoms with Gasteiger partial charge in [0, 0.05) is 25.9 Å². The van der Waals surface area contributed by atoms with Crippen LogP contribution in [0.3, 0.4) is 0 Å². The van der Waals surface area contributed by atoms with E-state index in [9.17, 15) is 10.1 Å². The van der Waals surface area contributed by atoms with Crippen LogP contribution in [0.25, 0.3) is 11.1 Å². The molecule has 2 aliphatic rings. The summed E-state index contributed by atoms with van der Waals surface area (Å²) in [5, 5.41) is 9.62. The van der Waals surface area contributed by atoms with Crippen molar-refractivity contribution in [1.29, 1.82) is 5.26 Å². The van der Waals surface area contributed by atoms with Crippen LogP contribution in [0.5, 0.6) is 5.75 Å². The Morgan fingerprint density at radius 1 is 1.21 bits per heavy atom. The van der Waals surface area contributed by atoms with Gasteiger partial charge in [-0.25, -0.2) is 0 Å². The second-order valence-electron chi connectivity index (χ2n) is 7.22. The highest BCUT2D eigenvalue weighted by Gasteiger charge is 2.29. The Kier molecular flexibility index (Phi) is 5.29. The standard InChI is InChI=1S/C22H23N3O3/c23-13-19(25-8-10-28-21(14-25)22(24)26)11-15-1-3-16(4-2-15)18-6-5-17-7-9-27-20(17)12-18/h1-6,12,19,21H,7-11,14H2,(H2,24,26)/t19-,21-/m0/s1. The molecule has 6 heteroatoms. The number of nitrogens with zero attached hydrogens (tertiary/aromatic N) is 2. The van der Waals surface area contributed by atoms with E-state index in [0.29, 0.717) is 26.1 Å². The first-order valence-corrected chi connectivity index (χ1v) is 9.53. The third-order valence-corrected chi connectivity index (χ3v) is 5.42. The van der Waals surface area contributed by atoms with Gasteiger partial charge in [-0.3, -0.25) is 9.69 Å². The van der Waals surface area contributed by atoms with Crippen LogP contribution < -0.4 is 10.5 Å². The third-order valence-electron chi connectivity index (χ3n) is 5.42. The normalized spacial score (nSPS) is 20.0. The first kappa shape index (κ1) is 18.5. The second kappa shape index (κ2) is 8.01. The van der Waals surface area contributed by atoms with E-state index in [0.717, 1.165) is 35.5 Å². The number of morpholine rings is 1. The lowest BCUT2D eigenvalue weighted by molar-refractivity contribution is -0.135. The zero-order valence-corrected chi connectivity index (χ0v) is 15.6. The van der Waals surface area contributed by atoms with E-state index < -0.39 is 12.0 Å². The number of primary amides is 1. The minimum atomic E-state index is -0.644. The number of benzene rings is 2. The van der Waals surface area contributed by atoms with Crippen LogP contribution in [-0.2, 0) is 22.4 Å². The maximum absolute atomic E-state index is 11.4.